The number of non-ortho nitro benzene ring substituents is 1. The van der Waals surface area contributed by atoms with Crippen molar-refractivity contribution in [2.45, 2.75) is 17.7 Å². The molecule has 3 heterocycles. The highest BCUT2D eigenvalue weighted by Gasteiger charge is 2.31. The standard InChI is InChI=1S/C25H31N5O6S/c31-30(32)22-4-6-23(27-7-1-2-8-27)20(17-22)19-26-21-3-5-24(28-9-13-35-14-10-28)25(18-21)37(33,34)29-11-15-36-16-12-29/h3-6,17-19H,1-2,7-16H2. The van der Waals surface area contributed by atoms with E-state index in [1.807, 2.05) is 4.90 Å². The van der Waals surface area contributed by atoms with E-state index < -0.39 is 14.9 Å². The molecule has 0 aliphatic carbocycles. The van der Waals surface area contributed by atoms with Crippen molar-refractivity contribution >= 4 is 39.0 Å². The van der Waals surface area contributed by atoms with Crippen molar-refractivity contribution in [3.05, 3.63) is 52.1 Å². The molecule has 3 fully saturated rings. The molecule has 37 heavy (non-hydrogen) atoms. The van der Waals surface area contributed by atoms with E-state index in [0.29, 0.717) is 69.5 Å². The lowest BCUT2D eigenvalue weighted by atomic mass is 10.1. The molecule has 0 bridgehead atoms. The second-order valence-corrected chi connectivity index (χ2v) is 11.1. The second-order valence-electron chi connectivity index (χ2n) is 9.22. The highest BCUT2D eigenvalue weighted by atomic mass is 32.2. The molecule has 0 N–H and O–H groups in total. The molecule has 3 aliphatic heterocycles. The lowest BCUT2D eigenvalue weighted by Crippen LogP contribution is -2.42. The van der Waals surface area contributed by atoms with E-state index in [2.05, 4.69) is 9.89 Å². The highest BCUT2D eigenvalue weighted by molar-refractivity contribution is 7.89. The van der Waals surface area contributed by atoms with E-state index in [9.17, 15) is 18.5 Å². The Labute approximate surface area is 216 Å². The zero-order chi connectivity index (χ0) is 25.8. The molecule has 0 radical (unpaired) electrons. The Morgan fingerprint density at radius 3 is 2.14 bits per heavy atom. The van der Waals surface area contributed by atoms with Gasteiger partial charge in [0.2, 0.25) is 10.0 Å². The number of anilines is 2. The molecule has 2 aromatic rings. The Morgan fingerprint density at radius 1 is 0.838 bits per heavy atom. The van der Waals surface area contributed by atoms with Crippen molar-refractivity contribution in [3.63, 3.8) is 0 Å². The van der Waals surface area contributed by atoms with E-state index in [1.165, 1.54) is 16.4 Å². The molecule has 3 saturated heterocycles. The van der Waals surface area contributed by atoms with Gasteiger partial charge in [0.15, 0.2) is 0 Å². The number of hydrogen-bond donors (Lipinski definition) is 0. The van der Waals surface area contributed by atoms with Gasteiger partial charge in [0.05, 0.1) is 42.7 Å². The average Bonchev–Trinajstić information content (AvgIpc) is 3.47. The molecule has 5 rings (SSSR count). The zero-order valence-corrected chi connectivity index (χ0v) is 21.4. The van der Waals surface area contributed by atoms with E-state index in [-0.39, 0.29) is 10.6 Å². The normalized spacial score (nSPS) is 19.6. The minimum atomic E-state index is -3.79. The fourth-order valence-corrected chi connectivity index (χ4v) is 6.57. The fraction of sp³-hybridized carbons (Fsp3) is 0.480. The van der Waals surface area contributed by atoms with Gasteiger partial charge >= 0.3 is 0 Å². The van der Waals surface area contributed by atoms with Crippen LogP contribution in [-0.4, -0.2) is 89.6 Å². The van der Waals surface area contributed by atoms with Gasteiger partial charge in [-0.2, -0.15) is 4.31 Å². The molecule has 11 nitrogen and oxygen atoms in total. The van der Waals surface area contributed by atoms with Crippen LogP contribution in [0.5, 0.6) is 0 Å². The number of rotatable bonds is 7. The van der Waals surface area contributed by atoms with Crippen LogP contribution < -0.4 is 9.80 Å². The molecule has 198 valence electrons. The minimum Gasteiger partial charge on any atom is -0.379 e. The predicted octanol–water partition coefficient (Wildman–Crippen LogP) is 2.80. The van der Waals surface area contributed by atoms with E-state index in [1.54, 1.807) is 30.5 Å². The first-order valence-electron chi connectivity index (χ1n) is 12.6. The Bertz CT molecular complexity index is 1270. The summed E-state index contributed by atoms with van der Waals surface area (Å²) in [5.41, 5.74) is 2.59. The van der Waals surface area contributed by atoms with Crippen molar-refractivity contribution in [1.82, 2.24) is 4.31 Å². The fourth-order valence-electron chi connectivity index (χ4n) is 4.93. The zero-order valence-electron chi connectivity index (χ0n) is 20.6. The van der Waals surface area contributed by atoms with Crippen molar-refractivity contribution in [2.24, 2.45) is 4.99 Å². The first-order chi connectivity index (χ1) is 17.9. The lowest BCUT2D eigenvalue weighted by molar-refractivity contribution is -0.384. The summed E-state index contributed by atoms with van der Waals surface area (Å²) in [6.07, 6.45) is 3.73. The van der Waals surface area contributed by atoms with Crippen LogP contribution in [-0.2, 0) is 19.5 Å². The molecule has 3 aliphatic rings. The molecular weight excluding hydrogens is 498 g/mol. The van der Waals surface area contributed by atoms with E-state index in [4.69, 9.17) is 9.47 Å². The van der Waals surface area contributed by atoms with Crippen LogP contribution in [0.2, 0.25) is 0 Å². The van der Waals surface area contributed by atoms with Gasteiger partial charge in [0, 0.05) is 68.9 Å². The smallest absolute Gasteiger partial charge is 0.270 e. The molecule has 0 spiro atoms. The molecule has 0 aromatic heterocycles. The van der Waals surface area contributed by atoms with E-state index >= 15 is 0 Å². The van der Waals surface area contributed by atoms with Gasteiger partial charge in [-0.1, -0.05) is 0 Å². The molecule has 0 unspecified atom stereocenters. The summed E-state index contributed by atoms with van der Waals surface area (Å²) in [7, 11) is -3.79. The first kappa shape index (κ1) is 25.6. The summed E-state index contributed by atoms with van der Waals surface area (Å²) in [4.78, 5) is 20.0. The summed E-state index contributed by atoms with van der Waals surface area (Å²) in [5.74, 6) is 0. The largest absolute Gasteiger partial charge is 0.379 e. The summed E-state index contributed by atoms with van der Waals surface area (Å²) in [6.45, 7) is 5.33. The summed E-state index contributed by atoms with van der Waals surface area (Å²) in [6, 6.07) is 9.96. The van der Waals surface area contributed by atoms with Gasteiger partial charge in [0.1, 0.15) is 4.90 Å². The molecule has 0 atom stereocenters. The first-order valence-corrected chi connectivity index (χ1v) is 14.0. The van der Waals surface area contributed by atoms with E-state index in [0.717, 1.165) is 31.6 Å². The van der Waals surface area contributed by atoms with Crippen LogP contribution >= 0.6 is 0 Å². The molecule has 0 saturated carbocycles. The van der Waals surface area contributed by atoms with Crippen molar-refractivity contribution in [2.75, 3.05) is 75.5 Å². The minimum absolute atomic E-state index is 0.0114. The Hall–Kier alpha value is -3.06. The SMILES string of the molecule is O=[N+]([O-])c1ccc(N2CCCC2)c(C=Nc2ccc(N3CCOCC3)c(S(=O)(=O)N3CCOCC3)c2)c1. The number of nitro benzene ring substituents is 1. The monoisotopic (exact) mass is 529 g/mol. The lowest BCUT2D eigenvalue weighted by Gasteiger charge is -2.32. The average molecular weight is 530 g/mol. The number of ether oxygens (including phenoxy) is 2. The van der Waals surface area contributed by atoms with Gasteiger partial charge in [-0.25, -0.2) is 8.42 Å². The number of hydrogen-bond acceptors (Lipinski definition) is 9. The molecule has 12 heteroatoms. The van der Waals surface area contributed by atoms with Crippen molar-refractivity contribution in [1.29, 1.82) is 0 Å². The predicted molar refractivity (Wildman–Crippen MR) is 141 cm³/mol. The summed E-state index contributed by atoms with van der Waals surface area (Å²) in [5, 5.41) is 11.4. The Morgan fingerprint density at radius 2 is 1.46 bits per heavy atom. The third-order valence-electron chi connectivity index (χ3n) is 6.90. The van der Waals surface area contributed by atoms with Crippen molar-refractivity contribution in [3.8, 4) is 0 Å². The Kier molecular flexibility index (Phi) is 7.70. The topological polar surface area (TPSA) is 118 Å². The number of nitro groups is 1. The molecular formula is C25H31N5O6S. The number of morpholine rings is 2. The maximum atomic E-state index is 13.7. The summed E-state index contributed by atoms with van der Waals surface area (Å²) >= 11 is 0. The van der Waals surface area contributed by atoms with Gasteiger partial charge in [-0.3, -0.25) is 15.1 Å². The third-order valence-corrected chi connectivity index (χ3v) is 8.83. The van der Waals surface area contributed by atoms with Crippen molar-refractivity contribution < 1.29 is 22.8 Å². The highest BCUT2D eigenvalue weighted by Crippen LogP contribution is 2.33. The quantitative estimate of drug-likeness (QED) is 0.305. The number of aliphatic imine (C=N–C) groups is 1. The Balaban J connectivity index is 1.52. The maximum Gasteiger partial charge on any atom is 0.270 e. The van der Waals surface area contributed by atoms with Gasteiger partial charge in [0.25, 0.3) is 5.69 Å². The van der Waals surface area contributed by atoms with Crippen LogP contribution in [0.3, 0.4) is 0 Å². The maximum absolute atomic E-state index is 13.7. The van der Waals surface area contributed by atoms with Crippen LogP contribution in [0.4, 0.5) is 22.7 Å². The van der Waals surface area contributed by atoms with Crippen LogP contribution in [0.25, 0.3) is 0 Å². The van der Waals surface area contributed by atoms with Crippen LogP contribution in [0, 0.1) is 10.1 Å². The second kappa shape index (κ2) is 11.1. The van der Waals surface area contributed by atoms with Gasteiger partial charge in [-0.05, 0) is 37.1 Å². The number of benzene rings is 2. The number of nitrogens with zero attached hydrogens (tertiary/aromatic N) is 5. The molecule has 0 amide bonds. The number of sulfonamides is 1. The third kappa shape index (κ3) is 5.61. The van der Waals surface area contributed by atoms with Gasteiger partial charge in [-0.15, -0.1) is 0 Å². The van der Waals surface area contributed by atoms with Crippen LogP contribution in [0.1, 0.15) is 18.4 Å². The summed E-state index contributed by atoms with van der Waals surface area (Å²) < 4.78 is 39.7. The van der Waals surface area contributed by atoms with Crippen LogP contribution in [0.15, 0.2) is 46.3 Å². The van der Waals surface area contributed by atoms with Gasteiger partial charge < -0.3 is 19.3 Å². The molecule has 2 aromatic carbocycles.